The lowest BCUT2D eigenvalue weighted by atomic mass is 10.2. The molecule has 0 atom stereocenters. The fourth-order valence-electron chi connectivity index (χ4n) is 2.23. The quantitative estimate of drug-likeness (QED) is 0.691. The van der Waals surface area contributed by atoms with Crippen molar-refractivity contribution in [3.05, 3.63) is 59.7 Å². The molecule has 0 unspecified atom stereocenters. The molecule has 0 fully saturated rings. The number of hydrogen-bond acceptors (Lipinski definition) is 3. The molecule has 1 aromatic carbocycles. The summed E-state index contributed by atoms with van der Waals surface area (Å²) in [6, 6.07) is 8.10. The maximum atomic E-state index is 13.2. The first kappa shape index (κ1) is 13.2. The van der Waals surface area contributed by atoms with Crippen LogP contribution in [0.2, 0.25) is 0 Å². The Kier molecular flexibility index (Phi) is 3.35. The summed E-state index contributed by atoms with van der Waals surface area (Å²) in [7, 11) is 1.79. The minimum absolute atomic E-state index is 0.290. The SMILES string of the molecule is Cn1nccc1-c1nn(Cc2cccc(F)c2)cc1C=O. The fraction of sp³-hybridized carbons (Fsp3) is 0.133. The van der Waals surface area contributed by atoms with Crippen LogP contribution in [0, 0.1) is 5.82 Å². The van der Waals surface area contributed by atoms with Gasteiger partial charge in [-0.05, 0) is 23.8 Å². The molecule has 2 heterocycles. The second-order valence-electron chi connectivity index (χ2n) is 4.72. The summed E-state index contributed by atoms with van der Waals surface area (Å²) in [6.45, 7) is 0.399. The van der Waals surface area contributed by atoms with Crippen LogP contribution in [0.1, 0.15) is 15.9 Å². The summed E-state index contributed by atoms with van der Waals surface area (Å²) < 4.78 is 16.5. The molecule has 0 aliphatic heterocycles. The van der Waals surface area contributed by atoms with Crippen LogP contribution in [0.5, 0.6) is 0 Å². The monoisotopic (exact) mass is 284 g/mol. The summed E-state index contributed by atoms with van der Waals surface area (Å²) in [5, 5.41) is 8.49. The first-order valence-corrected chi connectivity index (χ1v) is 6.43. The molecule has 21 heavy (non-hydrogen) atoms. The molecular formula is C15H13FN4O. The van der Waals surface area contributed by atoms with Gasteiger partial charge >= 0.3 is 0 Å². The second-order valence-corrected chi connectivity index (χ2v) is 4.72. The van der Waals surface area contributed by atoms with Crippen molar-refractivity contribution >= 4 is 6.29 Å². The van der Waals surface area contributed by atoms with Gasteiger partial charge in [-0.15, -0.1) is 0 Å². The molecule has 0 saturated heterocycles. The molecule has 0 aliphatic rings. The molecule has 3 rings (SSSR count). The number of aldehydes is 1. The molecular weight excluding hydrogens is 271 g/mol. The van der Waals surface area contributed by atoms with E-state index in [1.54, 1.807) is 40.9 Å². The number of benzene rings is 1. The summed E-state index contributed by atoms with van der Waals surface area (Å²) in [4.78, 5) is 11.2. The van der Waals surface area contributed by atoms with Crippen LogP contribution >= 0.6 is 0 Å². The number of halogens is 1. The first-order valence-electron chi connectivity index (χ1n) is 6.43. The highest BCUT2D eigenvalue weighted by atomic mass is 19.1. The molecule has 3 aromatic rings. The third-order valence-corrected chi connectivity index (χ3v) is 3.21. The van der Waals surface area contributed by atoms with E-state index in [9.17, 15) is 9.18 Å². The molecule has 2 aromatic heterocycles. The lowest BCUT2D eigenvalue weighted by molar-refractivity contribution is 0.112. The van der Waals surface area contributed by atoms with Gasteiger partial charge in [0, 0.05) is 19.4 Å². The molecule has 0 N–H and O–H groups in total. The first-order chi connectivity index (χ1) is 10.2. The van der Waals surface area contributed by atoms with E-state index in [0.717, 1.165) is 17.5 Å². The van der Waals surface area contributed by atoms with Gasteiger partial charge in [-0.2, -0.15) is 10.2 Å². The normalized spacial score (nSPS) is 10.8. The molecule has 0 aliphatic carbocycles. The van der Waals surface area contributed by atoms with E-state index in [-0.39, 0.29) is 5.82 Å². The number of carbonyl (C=O) groups is 1. The van der Waals surface area contributed by atoms with E-state index in [4.69, 9.17) is 0 Å². The highest BCUT2D eigenvalue weighted by Crippen LogP contribution is 2.20. The third-order valence-electron chi connectivity index (χ3n) is 3.21. The van der Waals surface area contributed by atoms with E-state index in [1.165, 1.54) is 12.1 Å². The zero-order valence-corrected chi connectivity index (χ0v) is 11.4. The van der Waals surface area contributed by atoms with Crippen molar-refractivity contribution in [2.24, 2.45) is 7.05 Å². The maximum absolute atomic E-state index is 13.2. The van der Waals surface area contributed by atoms with E-state index in [2.05, 4.69) is 10.2 Å². The molecule has 0 radical (unpaired) electrons. The average Bonchev–Trinajstić information content (AvgIpc) is 3.04. The van der Waals surface area contributed by atoms with Crippen molar-refractivity contribution in [3.8, 4) is 11.4 Å². The number of hydrogen-bond donors (Lipinski definition) is 0. The second kappa shape index (κ2) is 5.32. The smallest absolute Gasteiger partial charge is 0.153 e. The van der Waals surface area contributed by atoms with Crippen molar-refractivity contribution in [3.63, 3.8) is 0 Å². The van der Waals surface area contributed by atoms with E-state index in [0.29, 0.717) is 17.8 Å². The average molecular weight is 284 g/mol. The molecule has 0 saturated carbocycles. The number of rotatable bonds is 4. The molecule has 6 heteroatoms. The standard InChI is InChI=1S/C15H13FN4O/c1-19-14(5-6-17-19)15-12(10-21)9-20(18-15)8-11-3-2-4-13(16)7-11/h2-7,9-10H,8H2,1H3. The Balaban J connectivity index is 1.96. The number of nitrogens with zero attached hydrogens (tertiary/aromatic N) is 4. The Morgan fingerprint density at radius 3 is 2.86 bits per heavy atom. The van der Waals surface area contributed by atoms with Gasteiger partial charge in [0.25, 0.3) is 0 Å². The topological polar surface area (TPSA) is 52.7 Å². The van der Waals surface area contributed by atoms with Crippen LogP contribution in [-0.2, 0) is 13.6 Å². The van der Waals surface area contributed by atoms with Gasteiger partial charge in [0.1, 0.15) is 11.5 Å². The van der Waals surface area contributed by atoms with Gasteiger partial charge in [-0.3, -0.25) is 14.2 Å². The summed E-state index contributed by atoms with van der Waals surface area (Å²) in [6.07, 6.45) is 4.06. The maximum Gasteiger partial charge on any atom is 0.153 e. The number of aromatic nitrogens is 4. The number of carbonyl (C=O) groups excluding carboxylic acids is 1. The van der Waals surface area contributed by atoms with E-state index < -0.39 is 0 Å². The van der Waals surface area contributed by atoms with Gasteiger partial charge in [0.05, 0.1) is 17.8 Å². The molecule has 0 spiro atoms. The highest BCUT2D eigenvalue weighted by Gasteiger charge is 2.13. The molecule has 0 bridgehead atoms. The Bertz CT molecular complexity index is 791. The predicted octanol–water partition coefficient (Wildman–Crippen LogP) is 2.28. The Labute approximate surface area is 120 Å². The lowest BCUT2D eigenvalue weighted by Crippen LogP contribution is -2.01. The van der Waals surface area contributed by atoms with E-state index in [1.807, 2.05) is 6.07 Å². The van der Waals surface area contributed by atoms with Crippen LogP contribution in [0.3, 0.4) is 0 Å². The highest BCUT2D eigenvalue weighted by molar-refractivity contribution is 5.84. The molecule has 0 amide bonds. The van der Waals surface area contributed by atoms with Crippen LogP contribution in [0.15, 0.2) is 42.7 Å². The van der Waals surface area contributed by atoms with Crippen molar-refractivity contribution < 1.29 is 9.18 Å². The number of aryl methyl sites for hydroxylation is 1. The Hall–Kier alpha value is -2.76. The van der Waals surface area contributed by atoms with Crippen LogP contribution in [0.25, 0.3) is 11.4 Å². The van der Waals surface area contributed by atoms with Crippen LogP contribution in [-0.4, -0.2) is 25.8 Å². The molecule has 106 valence electrons. The van der Waals surface area contributed by atoms with Gasteiger partial charge in [0.15, 0.2) is 6.29 Å². The third kappa shape index (κ3) is 2.60. The van der Waals surface area contributed by atoms with Gasteiger partial charge in [-0.1, -0.05) is 12.1 Å². The summed E-state index contributed by atoms with van der Waals surface area (Å²) in [5.74, 6) is -0.290. The van der Waals surface area contributed by atoms with Crippen molar-refractivity contribution in [1.29, 1.82) is 0 Å². The lowest BCUT2D eigenvalue weighted by Gasteiger charge is -2.02. The van der Waals surface area contributed by atoms with Crippen molar-refractivity contribution in [2.75, 3.05) is 0 Å². The molecule has 5 nitrogen and oxygen atoms in total. The van der Waals surface area contributed by atoms with Gasteiger partial charge < -0.3 is 0 Å². The van der Waals surface area contributed by atoms with Crippen molar-refractivity contribution in [2.45, 2.75) is 6.54 Å². The minimum atomic E-state index is -0.290. The zero-order valence-electron chi connectivity index (χ0n) is 11.4. The Morgan fingerprint density at radius 2 is 2.19 bits per heavy atom. The Morgan fingerprint density at radius 1 is 1.33 bits per heavy atom. The predicted molar refractivity (Wildman–Crippen MR) is 75.3 cm³/mol. The minimum Gasteiger partial charge on any atom is -0.298 e. The van der Waals surface area contributed by atoms with Gasteiger partial charge in [0.2, 0.25) is 0 Å². The largest absolute Gasteiger partial charge is 0.298 e. The van der Waals surface area contributed by atoms with Crippen LogP contribution < -0.4 is 0 Å². The summed E-state index contributed by atoms with van der Waals surface area (Å²) in [5.41, 5.74) is 2.60. The summed E-state index contributed by atoms with van der Waals surface area (Å²) >= 11 is 0. The van der Waals surface area contributed by atoms with Gasteiger partial charge in [-0.25, -0.2) is 4.39 Å². The van der Waals surface area contributed by atoms with Crippen LogP contribution in [0.4, 0.5) is 4.39 Å². The van der Waals surface area contributed by atoms with Crippen molar-refractivity contribution in [1.82, 2.24) is 19.6 Å². The zero-order chi connectivity index (χ0) is 14.8. The fourth-order valence-corrected chi connectivity index (χ4v) is 2.23. The van der Waals surface area contributed by atoms with E-state index >= 15 is 0 Å².